The summed E-state index contributed by atoms with van der Waals surface area (Å²) < 4.78 is 25.4. The van der Waals surface area contributed by atoms with E-state index in [1.165, 1.54) is 6.54 Å². The minimum Gasteiger partial charge on any atom is -0.393 e. The Kier molecular flexibility index (Phi) is 12.9. The van der Waals surface area contributed by atoms with Crippen LogP contribution in [-0.2, 0) is 0 Å². The zero-order valence-electron chi connectivity index (χ0n) is 17.4. The van der Waals surface area contributed by atoms with Crippen LogP contribution in [0.25, 0.3) is 0 Å². The van der Waals surface area contributed by atoms with Crippen molar-refractivity contribution in [3.8, 4) is 0 Å². The van der Waals surface area contributed by atoms with Crippen LogP contribution in [0, 0.1) is 11.8 Å². The van der Waals surface area contributed by atoms with Crippen molar-refractivity contribution in [2.45, 2.75) is 79.3 Å². The van der Waals surface area contributed by atoms with Gasteiger partial charge in [0.1, 0.15) is 0 Å². The number of alkyl halides is 2. The van der Waals surface area contributed by atoms with E-state index in [1.54, 1.807) is 0 Å². The van der Waals surface area contributed by atoms with Crippen LogP contribution in [0.4, 0.5) is 8.78 Å². The summed E-state index contributed by atoms with van der Waals surface area (Å²) in [6, 6.07) is 0. The number of hydrogen-bond acceptors (Lipinski definition) is 3. The SMILES string of the molecule is CC.CC(C)CN1CCC(F)(F)CC1.CC(C)CN1CCC(O)CC1. The van der Waals surface area contributed by atoms with Crippen LogP contribution in [-0.4, -0.2) is 66.2 Å². The van der Waals surface area contributed by atoms with Crippen LogP contribution < -0.4 is 0 Å². The zero-order valence-corrected chi connectivity index (χ0v) is 17.4. The molecule has 0 aromatic heterocycles. The van der Waals surface area contributed by atoms with Gasteiger partial charge in [0.05, 0.1) is 6.10 Å². The van der Waals surface area contributed by atoms with Gasteiger partial charge in [-0.1, -0.05) is 41.5 Å². The topological polar surface area (TPSA) is 26.7 Å². The van der Waals surface area contributed by atoms with Crippen molar-refractivity contribution in [1.82, 2.24) is 9.80 Å². The van der Waals surface area contributed by atoms with Gasteiger partial charge in [0.2, 0.25) is 0 Å². The highest BCUT2D eigenvalue weighted by molar-refractivity contribution is 4.77. The molecule has 0 saturated carbocycles. The van der Waals surface area contributed by atoms with Crippen molar-refractivity contribution < 1.29 is 13.9 Å². The molecule has 2 fully saturated rings. The number of piperidine rings is 2. The van der Waals surface area contributed by atoms with Gasteiger partial charge >= 0.3 is 0 Å². The minimum atomic E-state index is -2.40. The first-order valence-corrected chi connectivity index (χ1v) is 10.2. The highest BCUT2D eigenvalue weighted by atomic mass is 19.3. The van der Waals surface area contributed by atoms with Gasteiger partial charge in [0, 0.05) is 52.1 Å². The van der Waals surface area contributed by atoms with E-state index in [4.69, 9.17) is 0 Å². The number of nitrogens with zero attached hydrogens (tertiary/aromatic N) is 2. The molecule has 0 aliphatic carbocycles. The second kappa shape index (κ2) is 13.0. The van der Waals surface area contributed by atoms with Crippen LogP contribution in [0.5, 0.6) is 0 Å². The van der Waals surface area contributed by atoms with Gasteiger partial charge < -0.3 is 14.9 Å². The number of hydrogen-bond donors (Lipinski definition) is 1. The van der Waals surface area contributed by atoms with Gasteiger partial charge in [-0.2, -0.15) is 0 Å². The third-order valence-electron chi connectivity index (χ3n) is 4.39. The summed E-state index contributed by atoms with van der Waals surface area (Å²) in [6.07, 6.45) is 1.98. The quantitative estimate of drug-likeness (QED) is 0.796. The summed E-state index contributed by atoms with van der Waals surface area (Å²) in [4.78, 5) is 4.57. The molecule has 25 heavy (non-hydrogen) atoms. The first-order valence-electron chi connectivity index (χ1n) is 10.2. The summed E-state index contributed by atoms with van der Waals surface area (Å²) in [5.74, 6) is -1.06. The number of aliphatic hydroxyl groups excluding tert-OH is 1. The molecule has 2 heterocycles. The molecule has 2 aliphatic rings. The highest BCUT2D eigenvalue weighted by Crippen LogP contribution is 2.27. The summed E-state index contributed by atoms with van der Waals surface area (Å²) in [5, 5.41) is 9.23. The lowest BCUT2D eigenvalue weighted by Crippen LogP contribution is -2.40. The maximum absolute atomic E-state index is 12.7. The van der Waals surface area contributed by atoms with Crippen molar-refractivity contribution in [1.29, 1.82) is 0 Å². The molecular formula is C20H42F2N2O. The van der Waals surface area contributed by atoms with Crippen LogP contribution in [0.1, 0.15) is 67.2 Å². The van der Waals surface area contributed by atoms with E-state index in [1.807, 2.05) is 13.8 Å². The predicted octanol–water partition coefficient (Wildman–Crippen LogP) is 4.50. The Balaban J connectivity index is 0.000000421. The predicted molar refractivity (Wildman–Crippen MR) is 103 cm³/mol. The van der Waals surface area contributed by atoms with Crippen molar-refractivity contribution in [3.63, 3.8) is 0 Å². The fourth-order valence-electron chi connectivity index (χ4n) is 3.20. The molecule has 0 bridgehead atoms. The van der Waals surface area contributed by atoms with Gasteiger partial charge in [-0.05, 0) is 24.7 Å². The van der Waals surface area contributed by atoms with E-state index < -0.39 is 5.92 Å². The van der Waals surface area contributed by atoms with Gasteiger partial charge in [0.25, 0.3) is 5.92 Å². The molecule has 3 nitrogen and oxygen atoms in total. The Hall–Kier alpha value is -0.260. The van der Waals surface area contributed by atoms with Crippen LogP contribution >= 0.6 is 0 Å². The Morgan fingerprint density at radius 3 is 1.56 bits per heavy atom. The largest absolute Gasteiger partial charge is 0.393 e. The van der Waals surface area contributed by atoms with Crippen molar-refractivity contribution in [2.24, 2.45) is 11.8 Å². The molecule has 0 atom stereocenters. The van der Waals surface area contributed by atoms with E-state index in [9.17, 15) is 13.9 Å². The lowest BCUT2D eigenvalue weighted by molar-refractivity contribution is -0.0566. The molecule has 0 radical (unpaired) electrons. The molecule has 152 valence electrons. The standard InChI is InChI=1S/C9H17F2N.C9H19NO.C2H6/c1-8(2)7-12-5-3-9(10,11)4-6-12;1-8(2)7-10-5-3-9(11)4-6-10;1-2/h8H,3-7H2,1-2H3;8-9,11H,3-7H2,1-2H3;1-2H3. The van der Waals surface area contributed by atoms with Crippen molar-refractivity contribution in [3.05, 3.63) is 0 Å². The monoisotopic (exact) mass is 364 g/mol. The number of likely N-dealkylation sites (tertiary alicyclic amines) is 2. The molecule has 2 aliphatic heterocycles. The van der Waals surface area contributed by atoms with Gasteiger partial charge in [0.15, 0.2) is 0 Å². The molecule has 2 saturated heterocycles. The lowest BCUT2D eigenvalue weighted by Gasteiger charge is -2.32. The minimum absolute atomic E-state index is 0.0292. The molecule has 5 heteroatoms. The van der Waals surface area contributed by atoms with E-state index in [-0.39, 0.29) is 18.9 Å². The second-order valence-electron chi connectivity index (χ2n) is 7.98. The molecule has 2 rings (SSSR count). The highest BCUT2D eigenvalue weighted by Gasteiger charge is 2.33. The number of rotatable bonds is 4. The average Bonchev–Trinajstić information content (AvgIpc) is 2.54. The Morgan fingerprint density at radius 1 is 0.840 bits per heavy atom. The molecule has 0 aromatic carbocycles. The van der Waals surface area contributed by atoms with Gasteiger partial charge in [-0.3, -0.25) is 0 Å². The fraction of sp³-hybridized carbons (Fsp3) is 1.00. The Morgan fingerprint density at radius 2 is 1.20 bits per heavy atom. The second-order valence-corrected chi connectivity index (χ2v) is 7.98. The third-order valence-corrected chi connectivity index (χ3v) is 4.39. The fourth-order valence-corrected chi connectivity index (χ4v) is 3.20. The van der Waals surface area contributed by atoms with Gasteiger partial charge in [-0.15, -0.1) is 0 Å². The van der Waals surface area contributed by atoms with Crippen molar-refractivity contribution >= 4 is 0 Å². The van der Waals surface area contributed by atoms with Crippen LogP contribution in [0.2, 0.25) is 0 Å². The molecule has 1 N–H and O–H groups in total. The summed E-state index contributed by atoms with van der Waals surface area (Å²) in [5.41, 5.74) is 0. The number of aliphatic hydroxyl groups is 1. The van der Waals surface area contributed by atoms with Gasteiger partial charge in [-0.25, -0.2) is 8.78 Å². The summed E-state index contributed by atoms with van der Waals surface area (Å²) in [7, 11) is 0. The lowest BCUT2D eigenvalue weighted by atomic mass is 10.1. The maximum Gasteiger partial charge on any atom is 0.250 e. The summed E-state index contributed by atoms with van der Waals surface area (Å²) in [6.45, 7) is 18.1. The van der Waals surface area contributed by atoms with E-state index in [0.29, 0.717) is 19.0 Å². The van der Waals surface area contributed by atoms with Crippen LogP contribution in [0.15, 0.2) is 0 Å². The summed E-state index contributed by atoms with van der Waals surface area (Å²) >= 11 is 0. The molecule has 0 amide bonds. The van der Waals surface area contributed by atoms with E-state index in [2.05, 4.69) is 37.5 Å². The third kappa shape index (κ3) is 12.7. The Labute approximate surface area is 154 Å². The number of halogens is 2. The van der Waals surface area contributed by atoms with Crippen molar-refractivity contribution in [2.75, 3.05) is 39.3 Å². The average molecular weight is 365 g/mol. The first kappa shape index (κ1) is 24.7. The van der Waals surface area contributed by atoms with Crippen LogP contribution in [0.3, 0.4) is 0 Å². The molecular weight excluding hydrogens is 322 g/mol. The first-order chi connectivity index (χ1) is 11.7. The smallest absolute Gasteiger partial charge is 0.250 e. The van der Waals surface area contributed by atoms with E-state index in [0.717, 1.165) is 38.4 Å². The normalized spacial score (nSPS) is 22.2. The maximum atomic E-state index is 12.7. The Bertz CT molecular complexity index is 307. The molecule has 0 aromatic rings. The van der Waals surface area contributed by atoms with E-state index >= 15 is 0 Å². The molecule has 0 unspecified atom stereocenters. The zero-order chi connectivity index (χ0) is 19.5. The molecule has 0 spiro atoms.